The third kappa shape index (κ3) is 5.20. The third-order valence-corrected chi connectivity index (χ3v) is 6.94. The molecular weight excluding hydrogens is 448 g/mol. The zero-order valence-electron chi connectivity index (χ0n) is 15.9. The smallest absolute Gasteiger partial charge is 0.387 e. The molecule has 2 heterocycles. The number of carbonyl (C=O) groups excluding carboxylic acids is 1. The number of sulfone groups is 1. The molecule has 0 fully saturated rings. The summed E-state index contributed by atoms with van der Waals surface area (Å²) in [6.07, 6.45) is -0.910. The first-order valence-electron chi connectivity index (χ1n) is 8.12. The largest absolute Gasteiger partial charge is 0.481 e. The van der Waals surface area contributed by atoms with Gasteiger partial charge < -0.3 is 30.7 Å². The Bertz CT molecular complexity index is 1030. The van der Waals surface area contributed by atoms with Gasteiger partial charge in [-0.1, -0.05) is 0 Å². The number of thiophene rings is 1. The van der Waals surface area contributed by atoms with Gasteiger partial charge in [0.25, 0.3) is 5.91 Å². The number of aromatic nitrogens is 1. The molecule has 0 saturated heterocycles. The van der Waals surface area contributed by atoms with Gasteiger partial charge in [-0.15, -0.1) is 11.3 Å². The molecule has 0 aliphatic rings. The molecule has 14 heteroatoms. The number of anilines is 1. The van der Waals surface area contributed by atoms with Gasteiger partial charge in [-0.05, 0) is 19.9 Å². The second kappa shape index (κ2) is 8.77. The molecule has 1 atom stereocenters. The van der Waals surface area contributed by atoms with Crippen LogP contribution in [0.5, 0.6) is 11.6 Å². The number of nitrogens with two attached hydrogens (primary N) is 1. The fourth-order valence-corrected chi connectivity index (χ4v) is 5.02. The van der Waals surface area contributed by atoms with Gasteiger partial charge in [0.2, 0.25) is 15.7 Å². The van der Waals surface area contributed by atoms with E-state index in [1.54, 1.807) is 0 Å². The average Bonchev–Trinajstić information content (AvgIpc) is 3.05. The van der Waals surface area contributed by atoms with Crippen molar-refractivity contribution in [1.29, 1.82) is 0 Å². The van der Waals surface area contributed by atoms with E-state index in [2.05, 4.69) is 15.0 Å². The van der Waals surface area contributed by atoms with Crippen LogP contribution < -0.4 is 20.5 Å². The summed E-state index contributed by atoms with van der Waals surface area (Å²) in [7, 11) is -3.30. The highest BCUT2D eigenvalue weighted by Gasteiger charge is 2.31. The maximum Gasteiger partial charge on any atom is 0.387 e. The molecule has 1 unspecified atom stereocenters. The number of hydrogen-bond donors (Lipinski definition) is 4. The predicted octanol–water partition coefficient (Wildman–Crippen LogP) is 1.24. The first-order chi connectivity index (χ1) is 13.8. The van der Waals surface area contributed by atoms with E-state index in [1.807, 2.05) is 0 Å². The van der Waals surface area contributed by atoms with E-state index < -0.39 is 49.0 Å². The number of methoxy groups -OCH3 is 1. The number of aliphatic hydroxyl groups is 2. The number of carbonyl (C=O) groups is 1. The van der Waals surface area contributed by atoms with E-state index in [9.17, 15) is 32.2 Å². The first-order valence-corrected chi connectivity index (χ1v) is 10.4. The molecule has 1 amide bonds. The molecular formula is C16H19F2N3O7S2. The number of halogens is 2. The van der Waals surface area contributed by atoms with Crippen molar-refractivity contribution in [3.05, 3.63) is 23.9 Å². The SMILES string of the molecule is COc1cc(S(=O)(=O)c2cc(C(N)O)c(NC(=O)C(C)(C)O)s2)c(OC(F)F)cn1. The van der Waals surface area contributed by atoms with E-state index >= 15 is 0 Å². The summed E-state index contributed by atoms with van der Waals surface area (Å²) < 4.78 is 60.2. The summed E-state index contributed by atoms with van der Waals surface area (Å²) in [5, 5.41) is 21.7. The topological polar surface area (TPSA) is 161 Å². The zero-order valence-corrected chi connectivity index (χ0v) is 17.6. The minimum Gasteiger partial charge on any atom is -0.481 e. The van der Waals surface area contributed by atoms with Crippen molar-refractivity contribution in [2.75, 3.05) is 12.4 Å². The van der Waals surface area contributed by atoms with Crippen LogP contribution in [-0.2, 0) is 14.6 Å². The highest BCUT2D eigenvalue weighted by atomic mass is 32.2. The lowest BCUT2D eigenvalue weighted by atomic mass is 10.1. The number of ether oxygens (including phenoxy) is 2. The van der Waals surface area contributed by atoms with Crippen molar-refractivity contribution in [3.8, 4) is 11.6 Å². The molecule has 166 valence electrons. The van der Waals surface area contributed by atoms with Crippen LogP contribution in [0.4, 0.5) is 13.8 Å². The van der Waals surface area contributed by atoms with Crippen molar-refractivity contribution in [2.45, 2.75) is 41.4 Å². The van der Waals surface area contributed by atoms with Gasteiger partial charge in [0.05, 0.1) is 13.3 Å². The molecule has 10 nitrogen and oxygen atoms in total. The molecule has 30 heavy (non-hydrogen) atoms. The summed E-state index contributed by atoms with van der Waals surface area (Å²) in [6, 6.07) is 1.87. The van der Waals surface area contributed by atoms with Crippen LogP contribution in [0.3, 0.4) is 0 Å². The van der Waals surface area contributed by atoms with Gasteiger partial charge in [-0.3, -0.25) is 4.79 Å². The van der Waals surface area contributed by atoms with E-state index in [1.165, 1.54) is 21.0 Å². The van der Waals surface area contributed by atoms with Crippen LogP contribution >= 0.6 is 11.3 Å². The average molecular weight is 467 g/mol. The van der Waals surface area contributed by atoms with Gasteiger partial charge in [0.1, 0.15) is 25.9 Å². The summed E-state index contributed by atoms with van der Waals surface area (Å²) >= 11 is 0.500. The lowest BCUT2D eigenvalue weighted by Crippen LogP contribution is -2.36. The molecule has 5 N–H and O–H groups in total. The van der Waals surface area contributed by atoms with Crippen LogP contribution in [0.25, 0.3) is 0 Å². The van der Waals surface area contributed by atoms with Crippen LogP contribution in [-0.4, -0.2) is 48.8 Å². The number of alkyl halides is 2. The standard InChI is InChI=1S/C16H19F2N3O7S2/c1-16(2,24)14(23)21-13-7(12(19)22)4-11(29-13)30(25,26)9-5-10(27-3)20-6-8(9)28-15(17)18/h4-6,12,15,22,24H,19H2,1-3H3,(H,21,23). The molecule has 0 saturated carbocycles. The van der Waals surface area contributed by atoms with Crippen LogP contribution in [0.2, 0.25) is 0 Å². The normalized spacial score (nSPS) is 13.2. The Hall–Kier alpha value is -2.39. The van der Waals surface area contributed by atoms with Gasteiger partial charge in [-0.2, -0.15) is 8.78 Å². The fourth-order valence-electron chi connectivity index (χ4n) is 2.11. The molecule has 2 aromatic rings. The molecule has 0 radical (unpaired) electrons. The van der Waals surface area contributed by atoms with Crippen molar-refractivity contribution in [3.63, 3.8) is 0 Å². The number of pyridine rings is 1. The van der Waals surface area contributed by atoms with Crippen LogP contribution in [0, 0.1) is 0 Å². The molecule has 0 aliphatic carbocycles. The van der Waals surface area contributed by atoms with Gasteiger partial charge in [0, 0.05) is 11.6 Å². The number of rotatable bonds is 8. The van der Waals surface area contributed by atoms with E-state index in [0.29, 0.717) is 11.3 Å². The number of nitrogens with one attached hydrogen (secondary N) is 1. The minimum atomic E-state index is -4.49. The van der Waals surface area contributed by atoms with Gasteiger partial charge in [0.15, 0.2) is 5.75 Å². The first kappa shape index (κ1) is 23.9. The second-order valence-corrected chi connectivity index (χ2v) is 9.56. The zero-order chi connectivity index (χ0) is 22.9. The Kier molecular flexibility index (Phi) is 6.98. The number of nitrogens with zero attached hydrogens (tertiary/aromatic N) is 1. The quantitative estimate of drug-likeness (QED) is 0.419. The maximum atomic E-state index is 13.1. The van der Waals surface area contributed by atoms with Crippen molar-refractivity contribution < 1.29 is 41.7 Å². The summed E-state index contributed by atoms with van der Waals surface area (Å²) in [5.41, 5.74) is 3.47. The number of amides is 1. The highest BCUT2D eigenvalue weighted by molar-refractivity contribution is 7.93. The van der Waals surface area contributed by atoms with Crippen molar-refractivity contribution in [1.82, 2.24) is 4.98 Å². The molecule has 2 rings (SSSR count). The molecule has 0 aromatic carbocycles. The Morgan fingerprint density at radius 1 is 1.37 bits per heavy atom. The predicted molar refractivity (Wildman–Crippen MR) is 101 cm³/mol. The van der Waals surface area contributed by atoms with Gasteiger partial charge in [-0.25, -0.2) is 13.4 Å². The maximum absolute atomic E-state index is 13.1. The summed E-state index contributed by atoms with van der Waals surface area (Å²) in [4.78, 5) is 15.0. The Morgan fingerprint density at radius 3 is 2.50 bits per heavy atom. The molecule has 0 bridgehead atoms. The third-order valence-electron chi connectivity index (χ3n) is 3.63. The Morgan fingerprint density at radius 2 is 2.00 bits per heavy atom. The van der Waals surface area contributed by atoms with Crippen molar-refractivity contribution in [2.24, 2.45) is 5.73 Å². The van der Waals surface area contributed by atoms with Crippen LogP contribution in [0.15, 0.2) is 27.4 Å². The Balaban J connectivity index is 2.60. The Labute approximate surface area is 174 Å². The minimum absolute atomic E-state index is 0.145. The van der Waals surface area contributed by atoms with E-state index in [4.69, 9.17) is 10.5 Å². The summed E-state index contributed by atoms with van der Waals surface area (Å²) in [5.74, 6) is -1.79. The second-order valence-electron chi connectivity index (χ2n) is 6.36. The van der Waals surface area contributed by atoms with Gasteiger partial charge >= 0.3 is 6.61 Å². The highest BCUT2D eigenvalue weighted by Crippen LogP contribution is 2.40. The van der Waals surface area contributed by atoms with E-state index in [0.717, 1.165) is 18.3 Å². The van der Waals surface area contributed by atoms with Crippen molar-refractivity contribution >= 4 is 32.1 Å². The number of aliphatic hydroxyl groups excluding tert-OH is 1. The summed E-state index contributed by atoms with van der Waals surface area (Å²) in [6.45, 7) is -0.923. The van der Waals surface area contributed by atoms with Crippen LogP contribution in [0.1, 0.15) is 25.6 Å². The molecule has 0 aliphatic heterocycles. The number of hydrogen-bond acceptors (Lipinski definition) is 10. The molecule has 0 spiro atoms. The monoisotopic (exact) mass is 467 g/mol. The fraction of sp³-hybridized carbons (Fsp3) is 0.375. The lowest BCUT2D eigenvalue weighted by molar-refractivity contribution is -0.130. The van der Waals surface area contributed by atoms with E-state index in [-0.39, 0.29) is 16.4 Å². The lowest BCUT2D eigenvalue weighted by Gasteiger charge is -2.17. The molecule has 2 aromatic heterocycles.